The quantitative estimate of drug-likeness (QED) is 0.900. The van der Waals surface area contributed by atoms with Gasteiger partial charge in [0, 0.05) is 0 Å². The summed E-state index contributed by atoms with van der Waals surface area (Å²) in [6.07, 6.45) is 4.17. The van der Waals surface area contributed by atoms with E-state index in [0.717, 1.165) is 28.8 Å². The van der Waals surface area contributed by atoms with Crippen molar-refractivity contribution in [1.29, 1.82) is 0 Å². The van der Waals surface area contributed by atoms with E-state index in [1.54, 1.807) is 0 Å². The Balaban J connectivity index is 1.81. The van der Waals surface area contributed by atoms with E-state index < -0.39 is 0 Å². The molecule has 1 heterocycles. The van der Waals surface area contributed by atoms with Crippen molar-refractivity contribution in [1.82, 2.24) is 5.32 Å². The van der Waals surface area contributed by atoms with Crippen molar-refractivity contribution >= 4 is 15.9 Å². The molecule has 0 amide bonds. The first-order valence-corrected chi connectivity index (χ1v) is 6.94. The topological polar surface area (TPSA) is 25.2 Å². The largest absolute Gasteiger partial charge is 0.453 e. The van der Waals surface area contributed by atoms with Crippen LogP contribution in [0.2, 0.25) is 0 Å². The zero-order valence-corrected chi connectivity index (χ0v) is 11.6. The van der Waals surface area contributed by atoms with Crippen molar-refractivity contribution < 1.29 is 4.42 Å². The van der Waals surface area contributed by atoms with Crippen molar-refractivity contribution in [3.05, 3.63) is 22.6 Å². The molecule has 2 rings (SSSR count). The second kappa shape index (κ2) is 5.37. The van der Waals surface area contributed by atoms with Crippen molar-refractivity contribution in [2.45, 2.75) is 39.2 Å². The minimum Gasteiger partial charge on any atom is -0.453 e. The molecule has 0 bridgehead atoms. The highest BCUT2D eigenvalue weighted by Gasteiger charge is 2.23. The SMILES string of the molecule is CC(NCC1CCCC1C)c1ccc(Br)o1. The lowest BCUT2D eigenvalue weighted by Crippen LogP contribution is -2.26. The highest BCUT2D eigenvalue weighted by Crippen LogP contribution is 2.31. The summed E-state index contributed by atoms with van der Waals surface area (Å²) in [5.41, 5.74) is 0. The van der Waals surface area contributed by atoms with E-state index in [4.69, 9.17) is 4.42 Å². The highest BCUT2D eigenvalue weighted by atomic mass is 79.9. The third-order valence-electron chi connectivity index (χ3n) is 3.75. The van der Waals surface area contributed by atoms with Crippen LogP contribution in [0.3, 0.4) is 0 Å². The molecular weight excluding hydrogens is 266 g/mol. The van der Waals surface area contributed by atoms with Gasteiger partial charge in [-0.25, -0.2) is 0 Å². The molecule has 2 nitrogen and oxygen atoms in total. The van der Waals surface area contributed by atoms with Crippen molar-refractivity contribution in [3.63, 3.8) is 0 Å². The first-order valence-electron chi connectivity index (χ1n) is 6.15. The molecule has 16 heavy (non-hydrogen) atoms. The van der Waals surface area contributed by atoms with Gasteiger partial charge >= 0.3 is 0 Å². The van der Waals surface area contributed by atoms with Gasteiger partial charge in [0.25, 0.3) is 0 Å². The first-order chi connectivity index (χ1) is 7.66. The van der Waals surface area contributed by atoms with E-state index in [0.29, 0.717) is 6.04 Å². The predicted molar refractivity (Wildman–Crippen MR) is 69.3 cm³/mol. The summed E-state index contributed by atoms with van der Waals surface area (Å²) in [5, 5.41) is 3.57. The van der Waals surface area contributed by atoms with Crippen molar-refractivity contribution in [3.8, 4) is 0 Å². The third-order valence-corrected chi connectivity index (χ3v) is 4.17. The minimum atomic E-state index is 0.305. The zero-order chi connectivity index (χ0) is 11.5. The van der Waals surface area contributed by atoms with Gasteiger partial charge in [-0.3, -0.25) is 0 Å². The maximum absolute atomic E-state index is 5.54. The Bertz CT molecular complexity index is 336. The molecule has 1 N–H and O–H groups in total. The Labute approximate surface area is 106 Å². The van der Waals surface area contributed by atoms with Crippen LogP contribution in [-0.2, 0) is 0 Å². The number of halogens is 1. The molecule has 0 spiro atoms. The average Bonchev–Trinajstić information content (AvgIpc) is 2.84. The van der Waals surface area contributed by atoms with Crippen LogP contribution in [0.1, 0.15) is 44.9 Å². The molecule has 3 unspecified atom stereocenters. The van der Waals surface area contributed by atoms with E-state index in [2.05, 4.69) is 35.1 Å². The Morgan fingerprint density at radius 2 is 2.31 bits per heavy atom. The monoisotopic (exact) mass is 285 g/mol. The average molecular weight is 286 g/mol. The molecule has 1 aromatic rings. The zero-order valence-electron chi connectivity index (χ0n) is 10.0. The lowest BCUT2D eigenvalue weighted by molar-refractivity contribution is 0.350. The summed E-state index contributed by atoms with van der Waals surface area (Å²) in [6.45, 7) is 5.64. The van der Waals surface area contributed by atoms with Crippen LogP contribution >= 0.6 is 15.9 Å². The summed E-state index contributed by atoms with van der Waals surface area (Å²) in [5.74, 6) is 2.74. The molecule has 1 aliphatic rings. The Hall–Kier alpha value is -0.280. The first kappa shape index (κ1) is 12.2. The number of hydrogen-bond acceptors (Lipinski definition) is 2. The van der Waals surface area contributed by atoms with Crippen LogP contribution < -0.4 is 5.32 Å². The van der Waals surface area contributed by atoms with Crippen LogP contribution in [0.4, 0.5) is 0 Å². The van der Waals surface area contributed by atoms with E-state index in [1.807, 2.05) is 12.1 Å². The Kier molecular flexibility index (Phi) is 4.09. The van der Waals surface area contributed by atoms with Gasteiger partial charge in [-0.05, 0) is 59.8 Å². The van der Waals surface area contributed by atoms with Gasteiger partial charge < -0.3 is 9.73 Å². The Morgan fingerprint density at radius 1 is 1.50 bits per heavy atom. The van der Waals surface area contributed by atoms with E-state index in [9.17, 15) is 0 Å². The summed E-state index contributed by atoms with van der Waals surface area (Å²) < 4.78 is 6.35. The standard InChI is InChI=1S/C13H20BrNO/c1-9-4-3-5-11(9)8-15-10(2)12-6-7-13(14)16-12/h6-7,9-11,15H,3-5,8H2,1-2H3. The lowest BCUT2D eigenvalue weighted by Gasteiger charge is -2.18. The van der Waals surface area contributed by atoms with Gasteiger partial charge in [-0.1, -0.05) is 19.8 Å². The second-order valence-corrected chi connectivity index (χ2v) is 5.72. The number of hydrogen-bond donors (Lipinski definition) is 1. The van der Waals surface area contributed by atoms with Gasteiger partial charge in [0.15, 0.2) is 4.67 Å². The number of rotatable bonds is 4. The van der Waals surface area contributed by atoms with Crippen molar-refractivity contribution in [2.75, 3.05) is 6.54 Å². The second-order valence-electron chi connectivity index (χ2n) is 4.94. The van der Waals surface area contributed by atoms with Crippen LogP contribution in [0.5, 0.6) is 0 Å². The summed E-state index contributed by atoms with van der Waals surface area (Å²) in [6, 6.07) is 4.28. The van der Waals surface area contributed by atoms with E-state index in [1.165, 1.54) is 19.3 Å². The summed E-state index contributed by atoms with van der Waals surface area (Å²) >= 11 is 3.33. The predicted octanol–water partition coefficient (Wildman–Crippen LogP) is 4.13. The van der Waals surface area contributed by atoms with Gasteiger partial charge in [-0.2, -0.15) is 0 Å². The molecule has 90 valence electrons. The van der Waals surface area contributed by atoms with Crippen LogP contribution in [0.25, 0.3) is 0 Å². The molecule has 0 aliphatic heterocycles. The van der Waals surface area contributed by atoms with Crippen LogP contribution in [0, 0.1) is 11.8 Å². The highest BCUT2D eigenvalue weighted by molar-refractivity contribution is 9.10. The van der Waals surface area contributed by atoms with Gasteiger partial charge in [0.2, 0.25) is 0 Å². The smallest absolute Gasteiger partial charge is 0.169 e. The van der Waals surface area contributed by atoms with Crippen molar-refractivity contribution in [2.24, 2.45) is 11.8 Å². The lowest BCUT2D eigenvalue weighted by atomic mass is 9.98. The number of furan rings is 1. The molecule has 0 radical (unpaired) electrons. The molecule has 1 saturated carbocycles. The molecule has 3 atom stereocenters. The van der Waals surface area contributed by atoms with Crippen LogP contribution in [0.15, 0.2) is 21.2 Å². The third kappa shape index (κ3) is 2.89. The van der Waals surface area contributed by atoms with Crippen LogP contribution in [-0.4, -0.2) is 6.54 Å². The van der Waals surface area contributed by atoms with Gasteiger partial charge in [0.1, 0.15) is 5.76 Å². The fraction of sp³-hybridized carbons (Fsp3) is 0.692. The molecule has 3 heteroatoms. The van der Waals surface area contributed by atoms with E-state index in [-0.39, 0.29) is 0 Å². The fourth-order valence-electron chi connectivity index (χ4n) is 2.52. The summed E-state index contributed by atoms with van der Waals surface area (Å²) in [7, 11) is 0. The van der Waals surface area contributed by atoms with E-state index >= 15 is 0 Å². The Morgan fingerprint density at radius 3 is 2.88 bits per heavy atom. The molecular formula is C13H20BrNO. The van der Waals surface area contributed by atoms with Gasteiger partial charge in [0.05, 0.1) is 6.04 Å². The number of nitrogens with one attached hydrogen (secondary N) is 1. The molecule has 1 aromatic heterocycles. The fourth-order valence-corrected chi connectivity index (χ4v) is 2.83. The molecule has 1 fully saturated rings. The molecule has 1 aliphatic carbocycles. The maximum Gasteiger partial charge on any atom is 0.169 e. The van der Waals surface area contributed by atoms with Gasteiger partial charge in [-0.15, -0.1) is 0 Å². The normalized spacial score (nSPS) is 27.2. The minimum absolute atomic E-state index is 0.305. The maximum atomic E-state index is 5.54. The summed E-state index contributed by atoms with van der Waals surface area (Å²) in [4.78, 5) is 0. The molecule has 0 saturated heterocycles. The molecule has 0 aromatic carbocycles.